The van der Waals surface area contributed by atoms with Gasteiger partial charge in [-0.25, -0.2) is 0 Å². The molecule has 0 saturated heterocycles. The first kappa shape index (κ1) is 8.92. The van der Waals surface area contributed by atoms with Crippen molar-refractivity contribution in [1.29, 1.82) is 0 Å². The van der Waals surface area contributed by atoms with Gasteiger partial charge in [-0.2, -0.15) is 0 Å². The third-order valence-electron chi connectivity index (χ3n) is 1.61. The highest BCUT2D eigenvalue weighted by Crippen LogP contribution is 1.99. The first-order valence-corrected chi connectivity index (χ1v) is 4.03. The summed E-state index contributed by atoms with van der Waals surface area (Å²) in [7, 11) is 6.16. The maximum atomic E-state index is 2.08. The van der Waals surface area contributed by atoms with Gasteiger partial charge in [0, 0.05) is 14.1 Å². The van der Waals surface area contributed by atoms with Crippen molar-refractivity contribution in [3.63, 3.8) is 0 Å². The third kappa shape index (κ3) is 2.83. The molecule has 0 aromatic carbocycles. The molecule has 0 amide bonds. The third-order valence-corrected chi connectivity index (χ3v) is 1.61. The summed E-state index contributed by atoms with van der Waals surface area (Å²) in [6, 6.07) is 0. The molecule has 2 heteroatoms. The molecule has 1 radical (unpaired) electrons. The van der Waals surface area contributed by atoms with Crippen LogP contribution in [-0.2, 0) is 0 Å². The molecular formula is C10H13BN. The van der Waals surface area contributed by atoms with E-state index < -0.39 is 0 Å². The lowest BCUT2D eigenvalue weighted by Crippen LogP contribution is -2.15. The molecule has 1 aliphatic rings. The summed E-state index contributed by atoms with van der Waals surface area (Å²) in [5, 5.41) is 0. The Bertz CT molecular complexity index is 247. The van der Waals surface area contributed by atoms with Crippen LogP contribution in [0.4, 0.5) is 0 Å². The Labute approximate surface area is 75.0 Å². The summed E-state index contributed by atoms with van der Waals surface area (Å²) in [5.74, 6) is 2.04. The average molecular weight is 158 g/mol. The van der Waals surface area contributed by atoms with Crippen LogP contribution >= 0.6 is 0 Å². The molecule has 12 heavy (non-hydrogen) atoms. The lowest BCUT2D eigenvalue weighted by molar-refractivity contribution is 0.545. The zero-order chi connectivity index (χ0) is 8.81. The van der Waals surface area contributed by atoms with Gasteiger partial charge in [-0.15, -0.1) is 5.98 Å². The molecule has 1 heterocycles. The van der Waals surface area contributed by atoms with E-state index in [-0.39, 0.29) is 0 Å². The maximum Gasteiger partial charge on any atom is 0.203 e. The number of allylic oxidation sites excluding steroid dienone is 6. The molecule has 0 fully saturated rings. The molecule has 0 aliphatic carbocycles. The van der Waals surface area contributed by atoms with E-state index in [0.717, 1.165) is 0 Å². The molecule has 1 nitrogen and oxygen atoms in total. The summed E-state index contributed by atoms with van der Waals surface area (Å²) >= 11 is 0. The van der Waals surface area contributed by atoms with E-state index in [4.69, 9.17) is 0 Å². The Kier molecular flexibility index (Phi) is 3.46. The van der Waals surface area contributed by atoms with E-state index in [1.165, 1.54) is 5.60 Å². The number of nitrogens with zero attached hydrogens (tertiary/aromatic N) is 1. The highest BCUT2D eigenvalue weighted by atomic mass is 15.1. The van der Waals surface area contributed by atoms with Gasteiger partial charge in [-0.05, 0) is 5.60 Å². The largest absolute Gasteiger partial charge is 0.389 e. The molecule has 0 unspecified atom stereocenters. The van der Waals surface area contributed by atoms with Gasteiger partial charge in [-0.3, -0.25) is 0 Å². The number of rotatable bonds is 1. The van der Waals surface area contributed by atoms with Gasteiger partial charge >= 0.3 is 0 Å². The second kappa shape index (κ2) is 4.65. The predicted molar refractivity (Wildman–Crippen MR) is 54.9 cm³/mol. The molecule has 0 aromatic rings. The van der Waals surface area contributed by atoms with E-state index in [0.29, 0.717) is 0 Å². The molecule has 0 bridgehead atoms. The molecule has 0 aromatic heterocycles. The number of hydrogen-bond acceptors (Lipinski definition) is 1. The van der Waals surface area contributed by atoms with Gasteiger partial charge in [0.25, 0.3) is 0 Å². The van der Waals surface area contributed by atoms with Gasteiger partial charge in [0.15, 0.2) is 0 Å². The van der Waals surface area contributed by atoms with Crippen molar-refractivity contribution in [1.82, 2.24) is 4.90 Å². The molecule has 61 valence electrons. The van der Waals surface area contributed by atoms with Crippen molar-refractivity contribution in [3.05, 3.63) is 48.0 Å². The van der Waals surface area contributed by atoms with Crippen molar-refractivity contribution in [2.24, 2.45) is 0 Å². The van der Waals surface area contributed by atoms with Crippen LogP contribution in [0.5, 0.6) is 0 Å². The predicted octanol–water partition coefficient (Wildman–Crippen LogP) is 1.73. The van der Waals surface area contributed by atoms with E-state index in [2.05, 4.69) is 18.3 Å². The first-order chi connectivity index (χ1) is 5.80. The van der Waals surface area contributed by atoms with Crippen LogP contribution in [0.2, 0.25) is 0 Å². The highest BCUT2D eigenvalue weighted by Gasteiger charge is 1.96. The fourth-order valence-electron chi connectivity index (χ4n) is 0.919. The van der Waals surface area contributed by atoms with Crippen LogP contribution in [-0.4, -0.2) is 26.3 Å². The number of hydrogen-bond donors (Lipinski definition) is 0. The van der Waals surface area contributed by atoms with Crippen molar-refractivity contribution >= 4 is 7.28 Å². The Hall–Kier alpha value is -1.18. The van der Waals surface area contributed by atoms with Crippen LogP contribution in [0.25, 0.3) is 0 Å². The Balaban J connectivity index is 2.75. The zero-order valence-electron chi connectivity index (χ0n) is 7.57. The van der Waals surface area contributed by atoms with E-state index >= 15 is 0 Å². The second-order valence-corrected chi connectivity index (χ2v) is 2.81. The van der Waals surface area contributed by atoms with E-state index in [9.17, 15) is 0 Å². The molecule has 1 aliphatic heterocycles. The van der Waals surface area contributed by atoms with Gasteiger partial charge in [-0.1, -0.05) is 36.5 Å². The molecule has 0 spiro atoms. The minimum atomic E-state index is 1.20. The highest BCUT2D eigenvalue weighted by molar-refractivity contribution is 6.50. The van der Waals surface area contributed by atoms with Crippen LogP contribution in [0, 0.1) is 0 Å². The summed E-state index contributed by atoms with van der Waals surface area (Å²) < 4.78 is 0. The van der Waals surface area contributed by atoms with Gasteiger partial charge in [0.05, 0.1) is 0 Å². The SMILES string of the molecule is CN(C)/C1=C/C=C\C=C/C=C\[B]1. The topological polar surface area (TPSA) is 3.24 Å². The Morgan fingerprint density at radius 1 is 1.00 bits per heavy atom. The fraction of sp³-hybridized carbons (Fsp3) is 0.200. The smallest absolute Gasteiger partial charge is 0.203 e. The van der Waals surface area contributed by atoms with Crippen LogP contribution in [0.1, 0.15) is 0 Å². The lowest BCUT2D eigenvalue weighted by Gasteiger charge is -2.14. The Morgan fingerprint density at radius 3 is 2.42 bits per heavy atom. The summed E-state index contributed by atoms with van der Waals surface area (Å²) in [6.07, 6.45) is 12.2. The van der Waals surface area contributed by atoms with Gasteiger partial charge in [0.2, 0.25) is 7.28 Å². The molecule has 0 N–H and O–H groups in total. The monoisotopic (exact) mass is 158 g/mol. The minimum absolute atomic E-state index is 1.20. The summed E-state index contributed by atoms with van der Waals surface area (Å²) in [5.41, 5.74) is 1.20. The second-order valence-electron chi connectivity index (χ2n) is 2.81. The zero-order valence-corrected chi connectivity index (χ0v) is 7.57. The average Bonchev–Trinajstić information content (AvgIpc) is 2.15. The van der Waals surface area contributed by atoms with Crippen LogP contribution < -0.4 is 0 Å². The molecule has 1 rings (SSSR count). The van der Waals surface area contributed by atoms with Gasteiger partial charge < -0.3 is 4.90 Å². The van der Waals surface area contributed by atoms with Crippen LogP contribution in [0.3, 0.4) is 0 Å². The first-order valence-electron chi connectivity index (χ1n) is 4.03. The lowest BCUT2D eigenvalue weighted by atomic mass is 9.73. The minimum Gasteiger partial charge on any atom is -0.389 e. The van der Waals surface area contributed by atoms with Gasteiger partial charge in [0.1, 0.15) is 0 Å². The van der Waals surface area contributed by atoms with Crippen LogP contribution in [0.15, 0.2) is 48.0 Å². The quantitative estimate of drug-likeness (QED) is 0.525. The van der Waals surface area contributed by atoms with Crippen molar-refractivity contribution in [2.45, 2.75) is 0 Å². The maximum absolute atomic E-state index is 2.08. The standard InChI is InChI=1S/C10H13BN/c1-12(2)10-8-6-4-3-5-7-9-11-10/h3-9H,1-2H3/b5-3-,6-4-,9-7-,10-8+. The molecule has 0 atom stereocenters. The summed E-state index contributed by atoms with van der Waals surface area (Å²) in [4.78, 5) is 2.08. The molecular weight excluding hydrogens is 145 g/mol. The molecule has 0 saturated carbocycles. The van der Waals surface area contributed by atoms with Crippen molar-refractivity contribution < 1.29 is 0 Å². The van der Waals surface area contributed by atoms with E-state index in [1.807, 2.05) is 50.5 Å². The van der Waals surface area contributed by atoms with Crippen molar-refractivity contribution in [3.8, 4) is 0 Å². The Morgan fingerprint density at radius 2 is 1.67 bits per heavy atom. The van der Waals surface area contributed by atoms with Crippen molar-refractivity contribution in [2.75, 3.05) is 14.1 Å². The summed E-state index contributed by atoms with van der Waals surface area (Å²) in [6.45, 7) is 0. The fourth-order valence-corrected chi connectivity index (χ4v) is 0.919. The van der Waals surface area contributed by atoms with E-state index in [1.54, 1.807) is 0 Å². The normalized spacial score (nSPS) is 28.0.